The molecule has 0 saturated heterocycles. The summed E-state index contributed by atoms with van der Waals surface area (Å²) < 4.78 is 0. The lowest BCUT2D eigenvalue weighted by Crippen LogP contribution is -2.36. The van der Waals surface area contributed by atoms with Crippen molar-refractivity contribution < 1.29 is 4.79 Å². The largest absolute Gasteiger partial charge is 0.343 e. The molecule has 0 saturated carbocycles. The van der Waals surface area contributed by atoms with Crippen LogP contribution in [0.25, 0.3) is 0 Å². The zero-order chi connectivity index (χ0) is 9.02. The Hall–Kier alpha value is -0.570. The topological polar surface area (TPSA) is 46.3 Å². The molecule has 0 fully saturated rings. The molecule has 0 radical (unpaired) electrons. The molecule has 1 unspecified atom stereocenters. The Bertz CT molecular complexity index is 132. The summed E-state index contributed by atoms with van der Waals surface area (Å²) in [6.45, 7) is 5.81. The van der Waals surface area contributed by atoms with E-state index < -0.39 is 0 Å². The van der Waals surface area contributed by atoms with Crippen molar-refractivity contribution >= 4 is 5.91 Å². The number of carbonyl (C=O) groups excluding carboxylic acids is 1. The van der Waals surface area contributed by atoms with Gasteiger partial charge in [0, 0.05) is 25.6 Å². The molecule has 2 N–H and O–H groups in total. The van der Waals surface area contributed by atoms with Crippen LogP contribution < -0.4 is 5.73 Å². The van der Waals surface area contributed by atoms with Gasteiger partial charge in [0.15, 0.2) is 0 Å². The lowest BCUT2D eigenvalue weighted by molar-refractivity contribution is -0.131. The second-order valence-electron chi connectivity index (χ2n) is 3.28. The molecule has 0 aromatic heterocycles. The Balaban J connectivity index is 3.83. The van der Waals surface area contributed by atoms with E-state index in [1.165, 1.54) is 0 Å². The Morgan fingerprint density at radius 1 is 1.45 bits per heavy atom. The van der Waals surface area contributed by atoms with Crippen LogP contribution in [0, 0.1) is 0 Å². The van der Waals surface area contributed by atoms with Crippen LogP contribution in [-0.4, -0.2) is 29.9 Å². The molecule has 0 aliphatic heterocycles. The third-order valence-corrected chi connectivity index (χ3v) is 1.66. The minimum atomic E-state index is -0.0382. The van der Waals surface area contributed by atoms with Gasteiger partial charge >= 0.3 is 0 Å². The molecular weight excluding hydrogens is 140 g/mol. The number of rotatable bonds is 3. The quantitative estimate of drug-likeness (QED) is 0.653. The summed E-state index contributed by atoms with van der Waals surface area (Å²) in [5.74, 6) is 0.120. The summed E-state index contributed by atoms with van der Waals surface area (Å²) in [5.41, 5.74) is 5.48. The van der Waals surface area contributed by atoms with E-state index in [2.05, 4.69) is 0 Å². The van der Waals surface area contributed by atoms with Gasteiger partial charge in [-0.25, -0.2) is 0 Å². The van der Waals surface area contributed by atoms with E-state index in [0.29, 0.717) is 6.42 Å². The number of nitrogens with zero attached hydrogens (tertiary/aromatic N) is 1. The Morgan fingerprint density at radius 2 is 1.91 bits per heavy atom. The van der Waals surface area contributed by atoms with E-state index >= 15 is 0 Å². The highest BCUT2D eigenvalue weighted by Gasteiger charge is 2.12. The van der Waals surface area contributed by atoms with E-state index in [-0.39, 0.29) is 18.0 Å². The minimum Gasteiger partial charge on any atom is -0.343 e. The lowest BCUT2D eigenvalue weighted by atomic mass is 10.2. The highest BCUT2D eigenvalue weighted by molar-refractivity contribution is 5.76. The average Bonchev–Trinajstić information content (AvgIpc) is 1.84. The summed E-state index contributed by atoms with van der Waals surface area (Å²) in [4.78, 5) is 13.0. The van der Waals surface area contributed by atoms with Gasteiger partial charge in [0.25, 0.3) is 0 Å². The first-order valence-corrected chi connectivity index (χ1v) is 3.96. The predicted octanol–water partition coefficient (Wildman–Crippen LogP) is 0.590. The van der Waals surface area contributed by atoms with Crippen LogP contribution in [0.1, 0.15) is 27.2 Å². The van der Waals surface area contributed by atoms with Crippen molar-refractivity contribution in [3.05, 3.63) is 0 Å². The van der Waals surface area contributed by atoms with Crippen molar-refractivity contribution in [1.29, 1.82) is 0 Å². The SMILES string of the molecule is CC(N)CC(=O)N(C)C(C)C. The maximum absolute atomic E-state index is 11.2. The molecule has 1 atom stereocenters. The van der Waals surface area contributed by atoms with Crippen LogP contribution in [0.3, 0.4) is 0 Å². The highest BCUT2D eigenvalue weighted by atomic mass is 16.2. The fraction of sp³-hybridized carbons (Fsp3) is 0.875. The van der Waals surface area contributed by atoms with Crippen LogP contribution in [0.4, 0.5) is 0 Å². The molecule has 11 heavy (non-hydrogen) atoms. The van der Waals surface area contributed by atoms with Crippen molar-refractivity contribution in [2.45, 2.75) is 39.3 Å². The third kappa shape index (κ3) is 3.98. The van der Waals surface area contributed by atoms with Gasteiger partial charge in [-0.15, -0.1) is 0 Å². The van der Waals surface area contributed by atoms with Gasteiger partial charge in [0.1, 0.15) is 0 Å². The van der Waals surface area contributed by atoms with E-state index in [9.17, 15) is 4.79 Å². The molecule has 0 spiro atoms. The first-order valence-electron chi connectivity index (χ1n) is 3.96. The van der Waals surface area contributed by atoms with Crippen LogP contribution in [0.2, 0.25) is 0 Å². The highest BCUT2D eigenvalue weighted by Crippen LogP contribution is 1.98. The van der Waals surface area contributed by atoms with E-state index in [1.54, 1.807) is 11.9 Å². The van der Waals surface area contributed by atoms with Gasteiger partial charge < -0.3 is 10.6 Å². The molecular formula is C8H18N2O. The monoisotopic (exact) mass is 158 g/mol. The van der Waals surface area contributed by atoms with Crippen molar-refractivity contribution in [2.24, 2.45) is 5.73 Å². The second-order valence-corrected chi connectivity index (χ2v) is 3.28. The van der Waals surface area contributed by atoms with Gasteiger partial charge in [-0.3, -0.25) is 4.79 Å². The van der Waals surface area contributed by atoms with E-state index in [1.807, 2.05) is 20.8 Å². The summed E-state index contributed by atoms with van der Waals surface area (Å²) in [6.07, 6.45) is 0.439. The van der Waals surface area contributed by atoms with Crippen LogP contribution >= 0.6 is 0 Å². The maximum atomic E-state index is 11.2. The van der Waals surface area contributed by atoms with Gasteiger partial charge in [-0.05, 0) is 20.8 Å². The third-order valence-electron chi connectivity index (χ3n) is 1.66. The average molecular weight is 158 g/mol. The molecule has 0 aliphatic rings. The molecule has 0 bridgehead atoms. The molecule has 0 aromatic rings. The van der Waals surface area contributed by atoms with Gasteiger partial charge in [0.05, 0.1) is 0 Å². The zero-order valence-electron chi connectivity index (χ0n) is 7.79. The van der Waals surface area contributed by atoms with Gasteiger partial charge in [-0.1, -0.05) is 0 Å². The molecule has 3 nitrogen and oxygen atoms in total. The molecule has 0 aromatic carbocycles. The number of carbonyl (C=O) groups is 1. The Labute approximate surface area is 68.6 Å². The van der Waals surface area contributed by atoms with Gasteiger partial charge in [0.2, 0.25) is 5.91 Å². The molecule has 3 heteroatoms. The molecule has 1 amide bonds. The maximum Gasteiger partial charge on any atom is 0.224 e. The summed E-state index contributed by atoms with van der Waals surface area (Å²) in [5, 5.41) is 0. The van der Waals surface area contributed by atoms with Crippen molar-refractivity contribution in [3.8, 4) is 0 Å². The normalized spacial score (nSPS) is 13.3. The molecule has 0 aliphatic carbocycles. The zero-order valence-corrected chi connectivity index (χ0v) is 7.79. The van der Waals surface area contributed by atoms with Crippen LogP contribution in [0.5, 0.6) is 0 Å². The fourth-order valence-electron chi connectivity index (χ4n) is 0.707. The standard InChI is InChI=1S/C8H18N2O/c1-6(2)10(4)8(11)5-7(3)9/h6-7H,5,9H2,1-4H3. The lowest BCUT2D eigenvalue weighted by Gasteiger charge is -2.22. The van der Waals surface area contributed by atoms with Gasteiger partial charge in [-0.2, -0.15) is 0 Å². The van der Waals surface area contributed by atoms with Crippen molar-refractivity contribution in [2.75, 3.05) is 7.05 Å². The van der Waals surface area contributed by atoms with Crippen molar-refractivity contribution in [1.82, 2.24) is 4.90 Å². The number of amides is 1. The summed E-state index contributed by atoms with van der Waals surface area (Å²) in [7, 11) is 1.80. The molecule has 0 heterocycles. The van der Waals surface area contributed by atoms with Crippen LogP contribution in [-0.2, 0) is 4.79 Å². The van der Waals surface area contributed by atoms with Crippen LogP contribution in [0.15, 0.2) is 0 Å². The first-order chi connectivity index (χ1) is 4.95. The Morgan fingerprint density at radius 3 is 2.18 bits per heavy atom. The molecule has 0 rings (SSSR count). The minimum absolute atomic E-state index is 0.0382. The summed E-state index contributed by atoms with van der Waals surface area (Å²) in [6, 6.07) is 0.227. The predicted molar refractivity (Wildman–Crippen MR) is 46.2 cm³/mol. The number of hydrogen-bond acceptors (Lipinski definition) is 2. The Kier molecular flexibility index (Phi) is 4.11. The summed E-state index contributed by atoms with van der Waals surface area (Å²) >= 11 is 0. The molecule has 66 valence electrons. The van der Waals surface area contributed by atoms with Crippen molar-refractivity contribution in [3.63, 3.8) is 0 Å². The van der Waals surface area contributed by atoms with E-state index in [0.717, 1.165) is 0 Å². The first kappa shape index (κ1) is 10.4. The fourth-order valence-corrected chi connectivity index (χ4v) is 0.707. The van der Waals surface area contributed by atoms with E-state index in [4.69, 9.17) is 5.73 Å². The smallest absolute Gasteiger partial charge is 0.224 e. The number of hydrogen-bond donors (Lipinski definition) is 1. The number of nitrogens with two attached hydrogens (primary N) is 1. The second kappa shape index (κ2) is 4.34.